The van der Waals surface area contributed by atoms with Gasteiger partial charge in [-0.3, -0.25) is 25.2 Å². The quantitative estimate of drug-likeness (QED) is 0.189. The van der Waals surface area contributed by atoms with Crippen molar-refractivity contribution in [1.82, 2.24) is 0 Å². The van der Waals surface area contributed by atoms with Crippen molar-refractivity contribution in [3.63, 3.8) is 0 Å². The second-order valence-electron chi connectivity index (χ2n) is 5.27. The van der Waals surface area contributed by atoms with Crippen LogP contribution in [0.2, 0.25) is 0 Å². The minimum absolute atomic E-state index is 0.116. The lowest BCUT2D eigenvalue weighted by Gasteiger charge is -2.11. The first-order valence-electron chi connectivity index (χ1n) is 7.17. The Morgan fingerprint density at radius 2 is 1.77 bits per heavy atom. The summed E-state index contributed by atoms with van der Waals surface area (Å²) in [4.78, 5) is 29.2. The third-order valence-electron chi connectivity index (χ3n) is 3.39. The molecule has 0 saturated heterocycles. The summed E-state index contributed by atoms with van der Waals surface area (Å²) < 4.78 is 0. The van der Waals surface area contributed by atoms with E-state index >= 15 is 0 Å². The van der Waals surface area contributed by atoms with Gasteiger partial charge in [-0.25, -0.2) is 0 Å². The highest BCUT2D eigenvalue weighted by Crippen LogP contribution is 2.33. The number of hydrogen-bond acceptors (Lipinski definition) is 7. The number of azide groups is 1. The highest BCUT2D eigenvalue weighted by Gasteiger charge is 2.22. The fraction of sp³-hybridized carbons (Fsp3) is 0.133. The molecule has 0 fully saturated rings. The van der Waals surface area contributed by atoms with Crippen LogP contribution in [0.1, 0.15) is 5.56 Å². The van der Waals surface area contributed by atoms with E-state index in [0.29, 0.717) is 5.69 Å². The van der Waals surface area contributed by atoms with Crippen molar-refractivity contribution < 1.29 is 9.85 Å². The predicted octanol–water partition coefficient (Wildman–Crippen LogP) is 4.26. The van der Waals surface area contributed by atoms with Crippen molar-refractivity contribution in [3.05, 3.63) is 72.6 Å². The molecular weight excluding hydrogens is 342 g/mol. The summed E-state index contributed by atoms with van der Waals surface area (Å²) in [6.07, 6.45) is 1.15. The Morgan fingerprint density at radius 3 is 2.27 bits per heavy atom. The van der Waals surface area contributed by atoms with Gasteiger partial charge in [0.2, 0.25) is 0 Å². The molecule has 0 aliphatic rings. The Bertz CT molecular complexity index is 909. The van der Waals surface area contributed by atoms with Crippen LogP contribution in [0, 0.1) is 20.2 Å². The van der Waals surface area contributed by atoms with Crippen LogP contribution in [0.4, 0.5) is 28.4 Å². The molecule has 0 aromatic heterocycles. The van der Waals surface area contributed by atoms with Crippen LogP contribution < -0.4 is 4.90 Å². The van der Waals surface area contributed by atoms with Gasteiger partial charge in [0.25, 0.3) is 11.4 Å². The van der Waals surface area contributed by atoms with Crippen molar-refractivity contribution in [1.29, 1.82) is 0 Å². The lowest BCUT2D eigenvalue weighted by Crippen LogP contribution is -2.07. The molecule has 0 N–H and O–H groups in total. The first kappa shape index (κ1) is 18.4. The van der Waals surface area contributed by atoms with E-state index in [1.807, 2.05) is 31.1 Å². The van der Waals surface area contributed by atoms with Gasteiger partial charge in [0, 0.05) is 37.0 Å². The molecule has 0 aliphatic carbocycles. The Labute approximate surface area is 147 Å². The van der Waals surface area contributed by atoms with Gasteiger partial charge in [-0.1, -0.05) is 5.11 Å². The molecule has 0 radical (unpaired) electrons. The Morgan fingerprint density at radius 1 is 1.12 bits per heavy atom. The van der Waals surface area contributed by atoms with Gasteiger partial charge in [-0.2, -0.15) is 0 Å². The van der Waals surface area contributed by atoms with E-state index in [0.717, 1.165) is 24.0 Å². The van der Waals surface area contributed by atoms with Gasteiger partial charge < -0.3 is 4.90 Å². The molecule has 11 nitrogen and oxygen atoms in total. The fourth-order valence-corrected chi connectivity index (χ4v) is 2.10. The van der Waals surface area contributed by atoms with Gasteiger partial charge in [-0.15, -0.1) is 0 Å². The molecule has 2 aromatic carbocycles. The van der Waals surface area contributed by atoms with Crippen molar-refractivity contribution in [2.45, 2.75) is 0 Å². The molecule has 132 valence electrons. The van der Waals surface area contributed by atoms with Crippen LogP contribution in [0.3, 0.4) is 0 Å². The first-order chi connectivity index (χ1) is 12.3. The summed E-state index contributed by atoms with van der Waals surface area (Å²) in [6.45, 7) is 0. The van der Waals surface area contributed by atoms with Gasteiger partial charge in [-0.05, 0) is 29.8 Å². The SMILES string of the molecule is CN(C)c1ccc(N=Cc2c(N=[N+]=[N-])cc([N+](=O)[O-])cc2[N+](=O)[O-])cc1. The molecule has 0 unspecified atom stereocenters. The van der Waals surface area contributed by atoms with E-state index in [2.05, 4.69) is 15.0 Å². The number of rotatable bonds is 6. The Hall–Kier alpha value is -3.98. The lowest BCUT2D eigenvalue weighted by atomic mass is 10.1. The zero-order chi connectivity index (χ0) is 19.3. The number of hydrogen-bond donors (Lipinski definition) is 0. The van der Waals surface area contributed by atoms with Gasteiger partial charge >= 0.3 is 0 Å². The highest BCUT2D eigenvalue weighted by molar-refractivity contribution is 5.94. The minimum atomic E-state index is -0.801. The molecule has 11 heteroatoms. The molecule has 0 atom stereocenters. The second kappa shape index (κ2) is 7.73. The smallest absolute Gasteiger partial charge is 0.285 e. The largest absolute Gasteiger partial charge is 0.378 e. The molecule has 0 aliphatic heterocycles. The van der Waals surface area contributed by atoms with Gasteiger partial charge in [0.1, 0.15) is 0 Å². The number of aliphatic imine (C=N–C) groups is 1. The molecule has 0 saturated carbocycles. The van der Waals surface area contributed by atoms with Crippen LogP contribution in [0.5, 0.6) is 0 Å². The maximum atomic E-state index is 11.3. The third kappa shape index (κ3) is 4.10. The molecule has 26 heavy (non-hydrogen) atoms. The number of benzene rings is 2. The molecule has 0 amide bonds. The van der Waals surface area contributed by atoms with Gasteiger partial charge in [0.05, 0.1) is 32.9 Å². The molecular formula is C15H13N7O4. The van der Waals surface area contributed by atoms with Gasteiger partial charge in [0.15, 0.2) is 0 Å². The van der Waals surface area contributed by atoms with Crippen molar-refractivity contribution in [3.8, 4) is 0 Å². The zero-order valence-corrected chi connectivity index (χ0v) is 13.8. The molecule has 0 spiro atoms. The summed E-state index contributed by atoms with van der Waals surface area (Å²) in [6, 6.07) is 8.79. The lowest BCUT2D eigenvalue weighted by molar-refractivity contribution is -0.394. The molecule has 2 rings (SSSR count). The predicted molar refractivity (Wildman–Crippen MR) is 96.6 cm³/mol. The average Bonchev–Trinajstić information content (AvgIpc) is 2.60. The summed E-state index contributed by atoms with van der Waals surface area (Å²) in [5.41, 5.74) is 8.61. The zero-order valence-electron chi connectivity index (χ0n) is 13.8. The van der Waals surface area contributed by atoms with Crippen molar-refractivity contribution in [2.75, 3.05) is 19.0 Å². The van der Waals surface area contributed by atoms with Crippen molar-refractivity contribution in [2.24, 2.45) is 10.1 Å². The molecule has 0 heterocycles. The summed E-state index contributed by atoms with van der Waals surface area (Å²) in [5.74, 6) is 0. The van der Waals surface area contributed by atoms with Crippen LogP contribution in [0.15, 0.2) is 46.5 Å². The van der Waals surface area contributed by atoms with E-state index in [9.17, 15) is 20.2 Å². The van der Waals surface area contributed by atoms with Crippen LogP contribution in [0.25, 0.3) is 10.4 Å². The van der Waals surface area contributed by atoms with E-state index in [4.69, 9.17) is 5.53 Å². The third-order valence-corrected chi connectivity index (χ3v) is 3.39. The van der Waals surface area contributed by atoms with Crippen LogP contribution in [-0.4, -0.2) is 30.2 Å². The van der Waals surface area contributed by atoms with Crippen LogP contribution >= 0.6 is 0 Å². The van der Waals surface area contributed by atoms with E-state index in [1.165, 1.54) is 0 Å². The van der Waals surface area contributed by atoms with E-state index in [1.54, 1.807) is 12.1 Å². The monoisotopic (exact) mass is 355 g/mol. The topological polar surface area (TPSA) is 151 Å². The average molecular weight is 355 g/mol. The number of anilines is 1. The normalized spacial score (nSPS) is 10.4. The number of nitrogens with zero attached hydrogens (tertiary/aromatic N) is 7. The van der Waals surface area contributed by atoms with Crippen LogP contribution in [-0.2, 0) is 0 Å². The minimum Gasteiger partial charge on any atom is -0.378 e. The Balaban J connectivity index is 2.54. The maximum absolute atomic E-state index is 11.3. The summed E-state index contributed by atoms with van der Waals surface area (Å²) in [5, 5.41) is 25.5. The standard InChI is InChI=1S/C15H13N7O4/c1-20(2)11-5-3-10(4-6-11)17-9-13-14(18-19-16)7-12(21(23)24)8-15(13)22(25)26/h3-9H,1-2H3. The summed E-state index contributed by atoms with van der Waals surface area (Å²) >= 11 is 0. The van der Waals surface area contributed by atoms with E-state index in [-0.39, 0.29) is 11.3 Å². The highest BCUT2D eigenvalue weighted by atomic mass is 16.6. The maximum Gasteiger partial charge on any atom is 0.285 e. The van der Waals surface area contributed by atoms with E-state index < -0.39 is 21.2 Å². The number of non-ortho nitro benzene ring substituents is 1. The fourth-order valence-electron chi connectivity index (χ4n) is 2.10. The number of nitro benzene ring substituents is 2. The molecule has 2 aromatic rings. The summed E-state index contributed by atoms with van der Waals surface area (Å²) in [7, 11) is 3.76. The first-order valence-corrected chi connectivity index (χ1v) is 7.17. The Kier molecular flexibility index (Phi) is 5.46. The molecule has 0 bridgehead atoms. The number of nitro groups is 2. The van der Waals surface area contributed by atoms with Crippen molar-refractivity contribution >= 4 is 34.7 Å². The second-order valence-corrected chi connectivity index (χ2v) is 5.27.